The number of carbonyl (C=O) groups is 3. The van der Waals surface area contributed by atoms with E-state index < -0.39 is 54.8 Å². The standard InChI is InChI=1S/C14H15N2O8PS2.3Na.3H/c17-3-7-5-27-13-9(11(19)16(13)12(7)25(22,23)24)15-10(18)8(14(20)21)6-1-2-26-4-6;;;;;;/h1-2,4,8-9,13,17H,3,5H2,(H,15,18)(H,20,21)(H2,22,23,24);;;;;;/q;3*+1;3*-1/t8?,9-,13-;;;;;;/m1....../s1. The third-order valence-electron chi connectivity index (χ3n) is 4.17. The number of hydrogen-bond acceptors (Lipinski definition) is 7. The summed E-state index contributed by atoms with van der Waals surface area (Å²) < 4.78 is 11.7. The number of thioether (sulfide) groups is 1. The van der Waals surface area contributed by atoms with Crippen LogP contribution in [0.4, 0.5) is 0 Å². The zero-order valence-electron chi connectivity index (χ0n) is 19.5. The summed E-state index contributed by atoms with van der Waals surface area (Å²) in [5, 5.41) is 23.4. The molecule has 3 heterocycles. The van der Waals surface area contributed by atoms with E-state index in [1.165, 1.54) is 22.8 Å². The maximum atomic E-state index is 12.4. The van der Waals surface area contributed by atoms with Gasteiger partial charge in [0.1, 0.15) is 16.9 Å². The minimum atomic E-state index is -4.82. The second-order valence-electron chi connectivity index (χ2n) is 5.85. The SMILES string of the molecule is O=C(O)C(C(=O)N[C@@H]1C(=O)N2C(P(=O)(O)O)=C(CO)CS[C@H]12)c1ccsc1.[H-].[H-].[H-].[Na+].[Na+].[Na+]. The zero-order chi connectivity index (χ0) is 19.9. The maximum absolute atomic E-state index is 12.4. The molecule has 1 saturated heterocycles. The van der Waals surface area contributed by atoms with E-state index in [1.54, 1.807) is 5.38 Å². The molecule has 30 heavy (non-hydrogen) atoms. The number of carbonyl (C=O) groups excluding carboxylic acids is 2. The van der Waals surface area contributed by atoms with Crippen molar-refractivity contribution in [3.63, 3.8) is 0 Å². The number of aliphatic hydroxyl groups is 1. The van der Waals surface area contributed by atoms with E-state index in [0.29, 0.717) is 0 Å². The van der Waals surface area contributed by atoms with Crippen LogP contribution in [0.2, 0.25) is 0 Å². The predicted molar refractivity (Wildman–Crippen MR) is 99.2 cm³/mol. The summed E-state index contributed by atoms with van der Waals surface area (Å²) in [6, 6.07) is 0.389. The molecule has 1 fully saturated rings. The third-order valence-corrected chi connectivity index (χ3v) is 7.29. The molecule has 2 aliphatic rings. The monoisotopic (exact) mass is 506 g/mol. The van der Waals surface area contributed by atoms with E-state index in [1.807, 2.05) is 0 Å². The van der Waals surface area contributed by atoms with Crippen LogP contribution < -0.4 is 94.0 Å². The number of rotatable bonds is 6. The number of nitrogens with zero attached hydrogens (tertiary/aromatic N) is 1. The minimum absolute atomic E-state index is 0. The summed E-state index contributed by atoms with van der Waals surface area (Å²) in [5.74, 6) is -4.43. The van der Waals surface area contributed by atoms with Gasteiger partial charge in [0.15, 0.2) is 5.92 Å². The summed E-state index contributed by atoms with van der Waals surface area (Å²) in [6.45, 7) is -0.611. The summed E-state index contributed by atoms with van der Waals surface area (Å²) in [6.07, 6.45) is 0. The molecule has 3 atom stereocenters. The molecule has 1 aromatic rings. The molecule has 3 rings (SSSR count). The van der Waals surface area contributed by atoms with Crippen molar-refractivity contribution in [1.29, 1.82) is 0 Å². The fourth-order valence-corrected chi connectivity index (χ4v) is 6.23. The first-order chi connectivity index (χ1) is 12.7. The molecule has 0 spiro atoms. The first kappa shape index (κ1) is 31.3. The smallest absolute Gasteiger partial charge is 1.00 e. The number of carboxylic acids is 1. The Balaban J connectivity index is -0.000000701. The van der Waals surface area contributed by atoms with Gasteiger partial charge >= 0.3 is 102 Å². The summed E-state index contributed by atoms with van der Waals surface area (Å²) in [7, 11) is -4.82. The number of aliphatic carboxylic acids is 1. The Morgan fingerprint density at radius 3 is 2.43 bits per heavy atom. The topological polar surface area (TPSA) is 164 Å². The van der Waals surface area contributed by atoms with E-state index in [9.17, 15) is 38.9 Å². The Labute approximate surface area is 250 Å². The van der Waals surface area contributed by atoms with Crippen molar-refractivity contribution in [2.75, 3.05) is 12.4 Å². The van der Waals surface area contributed by atoms with Crippen molar-refractivity contribution in [3.8, 4) is 0 Å². The van der Waals surface area contributed by atoms with Crippen molar-refractivity contribution in [1.82, 2.24) is 10.2 Å². The number of thiophene rings is 1. The van der Waals surface area contributed by atoms with Gasteiger partial charge < -0.3 is 29.6 Å². The Bertz CT molecular complexity index is 893. The zero-order valence-corrected chi connectivity index (χ0v) is 25.0. The summed E-state index contributed by atoms with van der Waals surface area (Å²) in [5.41, 5.74) is -0.218. The van der Waals surface area contributed by atoms with Gasteiger partial charge in [-0.15, -0.1) is 11.8 Å². The largest absolute Gasteiger partial charge is 1.00 e. The Kier molecular flexibility index (Phi) is 13.2. The average molecular weight is 506 g/mol. The molecule has 0 aromatic carbocycles. The van der Waals surface area contributed by atoms with Crippen molar-refractivity contribution in [3.05, 3.63) is 33.4 Å². The van der Waals surface area contributed by atoms with Crippen LogP contribution in [0.25, 0.3) is 0 Å². The van der Waals surface area contributed by atoms with Crippen molar-refractivity contribution < 1.29 is 132 Å². The molecular weight excluding hydrogens is 488 g/mol. The van der Waals surface area contributed by atoms with Crippen LogP contribution in [0.15, 0.2) is 27.8 Å². The van der Waals surface area contributed by atoms with Crippen molar-refractivity contribution in [2.24, 2.45) is 0 Å². The van der Waals surface area contributed by atoms with E-state index >= 15 is 0 Å². The molecule has 0 aliphatic carbocycles. The molecule has 10 nitrogen and oxygen atoms in total. The molecule has 5 N–H and O–H groups in total. The number of amides is 2. The number of nitrogens with one attached hydrogen (secondary N) is 1. The summed E-state index contributed by atoms with van der Waals surface area (Å²) in [4.78, 5) is 56.2. The quantitative estimate of drug-likeness (QED) is 0.109. The molecule has 1 unspecified atom stereocenters. The minimum Gasteiger partial charge on any atom is -1.00 e. The maximum Gasteiger partial charge on any atom is 1.00 e. The second kappa shape index (κ2) is 12.7. The average Bonchev–Trinajstić information content (AvgIpc) is 3.11. The van der Waals surface area contributed by atoms with Gasteiger partial charge in [0, 0.05) is 5.75 Å². The molecule has 0 bridgehead atoms. The van der Waals surface area contributed by atoms with Gasteiger partial charge in [0.25, 0.3) is 5.91 Å². The van der Waals surface area contributed by atoms with Gasteiger partial charge in [0.05, 0.1) is 6.61 Å². The van der Waals surface area contributed by atoms with Crippen LogP contribution in [-0.4, -0.2) is 66.5 Å². The number of β-lactam (4-membered cyclic amide) rings is 1. The van der Waals surface area contributed by atoms with Crippen LogP contribution in [0.3, 0.4) is 0 Å². The molecule has 0 radical (unpaired) electrons. The molecular formula is C14H18N2Na3O8PS2. The van der Waals surface area contributed by atoms with Gasteiger partial charge in [-0.05, 0) is 28.0 Å². The first-order valence-electron chi connectivity index (χ1n) is 7.55. The number of fused-ring (bicyclic) bond motifs is 1. The van der Waals surface area contributed by atoms with E-state index in [4.69, 9.17) is 0 Å². The Hall–Kier alpha value is 1.31. The molecule has 2 amide bonds. The van der Waals surface area contributed by atoms with Gasteiger partial charge in [-0.3, -0.25) is 23.8 Å². The van der Waals surface area contributed by atoms with E-state index in [0.717, 1.165) is 16.7 Å². The van der Waals surface area contributed by atoms with Crippen molar-refractivity contribution in [2.45, 2.75) is 17.3 Å². The second-order valence-corrected chi connectivity index (χ2v) is 9.25. The molecule has 1 aromatic heterocycles. The fourth-order valence-electron chi connectivity index (χ4n) is 2.96. The van der Waals surface area contributed by atoms with Crippen LogP contribution in [0, 0.1) is 0 Å². The first-order valence-corrected chi connectivity index (χ1v) is 11.2. The third kappa shape index (κ3) is 6.25. The van der Waals surface area contributed by atoms with Gasteiger partial charge in [0.2, 0.25) is 5.91 Å². The van der Waals surface area contributed by atoms with Gasteiger partial charge in [-0.1, -0.05) is 0 Å². The van der Waals surface area contributed by atoms with Crippen LogP contribution in [0.1, 0.15) is 15.8 Å². The normalized spacial score (nSPS) is 21.2. The van der Waals surface area contributed by atoms with Crippen LogP contribution in [-0.2, 0) is 18.9 Å². The van der Waals surface area contributed by atoms with Crippen molar-refractivity contribution >= 4 is 48.5 Å². The van der Waals surface area contributed by atoms with Gasteiger partial charge in [-0.2, -0.15) is 11.3 Å². The van der Waals surface area contributed by atoms with E-state index in [2.05, 4.69) is 5.32 Å². The van der Waals surface area contributed by atoms with Gasteiger partial charge in [-0.25, -0.2) is 0 Å². The summed E-state index contributed by atoms with van der Waals surface area (Å²) >= 11 is 2.35. The number of carboxylic acid groups (broad SMARTS) is 1. The number of aliphatic hydroxyl groups excluding tert-OH is 1. The molecule has 0 saturated carbocycles. The van der Waals surface area contributed by atoms with Crippen LogP contribution >= 0.6 is 30.7 Å². The molecule has 16 heteroatoms. The predicted octanol–water partition coefficient (Wildman–Crippen LogP) is -8.95. The molecule has 2 aliphatic heterocycles. The fraction of sp³-hybridized carbons (Fsp3) is 0.357. The number of hydrogen-bond donors (Lipinski definition) is 5. The molecule has 152 valence electrons. The Morgan fingerprint density at radius 1 is 1.33 bits per heavy atom. The van der Waals surface area contributed by atoms with Crippen LogP contribution in [0.5, 0.6) is 0 Å². The van der Waals surface area contributed by atoms with E-state index in [-0.39, 0.29) is 110 Å². The Morgan fingerprint density at radius 2 is 1.97 bits per heavy atom.